The van der Waals surface area contributed by atoms with E-state index >= 15 is 0 Å². The van der Waals surface area contributed by atoms with Crippen molar-refractivity contribution in [1.29, 1.82) is 0 Å². The van der Waals surface area contributed by atoms with E-state index in [2.05, 4.69) is 34.6 Å². The van der Waals surface area contributed by atoms with E-state index in [0.29, 0.717) is 17.3 Å². The molecule has 1 unspecified atom stereocenters. The number of benzene rings is 2. The summed E-state index contributed by atoms with van der Waals surface area (Å²) in [5.41, 5.74) is 3.41. The zero-order chi connectivity index (χ0) is 21.1. The Morgan fingerprint density at radius 3 is 2.67 bits per heavy atom. The third-order valence-corrected chi connectivity index (χ3v) is 6.61. The first-order valence-corrected chi connectivity index (χ1v) is 11.3. The van der Waals surface area contributed by atoms with Crippen LogP contribution in [-0.4, -0.2) is 19.7 Å². The molecule has 0 N–H and O–H groups in total. The quantitative estimate of drug-likeness (QED) is 0.339. The molecule has 1 atom stereocenters. The van der Waals surface area contributed by atoms with Crippen LogP contribution in [0.15, 0.2) is 59.1 Å². The zero-order valence-electron chi connectivity index (χ0n) is 16.9. The van der Waals surface area contributed by atoms with Crippen LogP contribution >= 0.6 is 23.1 Å². The summed E-state index contributed by atoms with van der Waals surface area (Å²) >= 11 is 3.24. The van der Waals surface area contributed by atoms with Crippen LogP contribution in [0, 0.1) is 12.7 Å². The van der Waals surface area contributed by atoms with Crippen LogP contribution in [0.3, 0.4) is 0 Å². The van der Waals surface area contributed by atoms with Crippen LogP contribution in [0.4, 0.5) is 4.39 Å². The van der Waals surface area contributed by atoms with Gasteiger partial charge in [-0.25, -0.2) is 9.37 Å². The molecule has 0 amide bonds. The van der Waals surface area contributed by atoms with E-state index in [1.54, 1.807) is 35.2 Å². The molecule has 2 heterocycles. The Balaban J connectivity index is 1.41. The van der Waals surface area contributed by atoms with Crippen LogP contribution in [0.1, 0.15) is 30.1 Å². The molecule has 0 fully saturated rings. The Morgan fingerprint density at radius 2 is 1.90 bits per heavy atom. The van der Waals surface area contributed by atoms with Crippen LogP contribution in [0.25, 0.3) is 10.6 Å². The van der Waals surface area contributed by atoms with Gasteiger partial charge in [-0.2, -0.15) is 0 Å². The van der Waals surface area contributed by atoms with Gasteiger partial charge in [0.2, 0.25) is 0 Å². The van der Waals surface area contributed by atoms with Crippen molar-refractivity contribution in [3.63, 3.8) is 0 Å². The van der Waals surface area contributed by atoms with Crippen molar-refractivity contribution in [1.82, 2.24) is 19.7 Å². The molecule has 2 aromatic carbocycles. The van der Waals surface area contributed by atoms with Crippen molar-refractivity contribution in [2.24, 2.45) is 7.05 Å². The molecule has 2 aromatic heterocycles. The van der Waals surface area contributed by atoms with Gasteiger partial charge >= 0.3 is 0 Å². The molecule has 0 spiro atoms. The van der Waals surface area contributed by atoms with Crippen molar-refractivity contribution in [2.45, 2.75) is 30.9 Å². The molecule has 8 heteroatoms. The smallest absolute Gasteiger partial charge is 0.191 e. The molecule has 0 radical (unpaired) electrons. The van der Waals surface area contributed by atoms with E-state index in [0.717, 1.165) is 15.9 Å². The lowest BCUT2D eigenvalue weighted by atomic mass is 10.1. The average Bonchev–Trinajstić information content (AvgIpc) is 3.35. The monoisotopic (exact) mass is 440 g/mol. The predicted molar refractivity (Wildman–Crippen MR) is 118 cm³/mol. The highest BCUT2D eigenvalue weighted by atomic mass is 32.2. The van der Waals surface area contributed by atoms with Crippen LogP contribution in [0.2, 0.25) is 0 Å². The van der Waals surface area contributed by atoms with Crippen molar-refractivity contribution in [3.05, 3.63) is 76.8 Å². The average molecular weight is 441 g/mol. The molecule has 0 aliphatic carbocycles. The van der Waals surface area contributed by atoms with Gasteiger partial charge in [0.1, 0.15) is 16.6 Å². The maximum Gasteiger partial charge on any atom is 0.191 e. The lowest BCUT2D eigenvalue weighted by Crippen LogP contribution is -2.10. The van der Waals surface area contributed by atoms with Crippen molar-refractivity contribution >= 4 is 23.1 Å². The Bertz CT molecular complexity index is 1140. The van der Waals surface area contributed by atoms with Crippen LogP contribution in [-0.2, 0) is 12.8 Å². The highest BCUT2D eigenvalue weighted by Gasteiger charge is 2.18. The standard InChI is InChI=1S/C22H21FN4OS2/c1-14-6-4-5-7-19(14)21-24-17(12-29-21)13-30-22-26-25-20(27(22)3)15(2)28-18-10-8-16(23)9-11-18/h4-12,15H,13H2,1-3H3. The minimum absolute atomic E-state index is 0.292. The molecular weight excluding hydrogens is 419 g/mol. The number of aryl methyl sites for hydroxylation is 1. The van der Waals surface area contributed by atoms with Gasteiger partial charge in [0.15, 0.2) is 17.1 Å². The van der Waals surface area contributed by atoms with Crippen LogP contribution < -0.4 is 4.74 Å². The number of aromatic nitrogens is 4. The number of thiazole rings is 1. The molecule has 0 bridgehead atoms. The second-order valence-corrected chi connectivity index (χ2v) is 8.66. The number of nitrogens with zero attached hydrogens (tertiary/aromatic N) is 4. The summed E-state index contributed by atoms with van der Waals surface area (Å²) in [6.07, 6.45) is -0.311. The largest absolute Gasteiger partial charge is 0.483 e. The maximum atomic E-state index is 13.1. The van der Waals surface area contributed by atoms with Gasteiger partial charge in [-0.05, 0) is 43.7 Å². The number of thioether (sulfide) groups is 1. The Morgan fingerprint density at radius 1 is 1.13 bits per heavy atom. The summed E-state index contributed by atoms with van der Waals surface area (Å²) in [6.45, 7) is 4.00. The fourth-order valence-corrected chi connectivity index (χ4v) is 4.85. The maximum absolute atomic E-state index is 13.1. The molecule has 5 nitrogen and oxygen atoms in total. The molecule has 0 saturated carbocycles. The SMILES string of the molecule is Cc1ccccc1-c1nc(CSc2nnc(C(C)Oc3ccc(F)cc3)n2C)cs1. The number of rotatable bonds is 7. The summed E-state index contributed by atoms with van der Waals surface area (Å²) in [4.78, 5) is 4.78. The number of hydrogen-bond donors (Lipinski definition) is 0. The predicted octanol–water partition coefficient (Wildman–Crippen LogP) is 5.82. The van der Waals surface area contributed by atoms with Gasteiger partial charge in [0, 0.05) is 23.7 Å². The molecule has 4 rings (SSSR count). The lowest BCUT2D eigenvalue weighted by Gasteiger charge is -2.14. The normalized spacial score (nSPS) is 12.1. The second kappa shape index (κ2) is 8.97. The van der Waals surface area contributed by atoms with Crippen molar-refractivity contribution in [3.8, 4) is 16.3 Å². The van der Waals surface area contributed by atoms with E-state index in [-0.39, 0.29) is 11.9 Å². The summed E-state index contributed by atoms with van der Waals surface area (Å²) < 4.78 is 20.9. The first-order valence-electron chi connectivity index (χ1n) is 9.46. The van der Waals surface area contributed by atoms with Gasteiger partial charge in [0.05, 0.1) is 5.69 Å². The van der Waals surface area contributed by atoms with E-state index in [1.165, 1.54) is 23.3 Å². The summed E-state index contributed by atoms with van der Waals surface area (Å²) in [5.74, 6) is 1.72. The van der Waals surface area contributed by atoms with E-state index in [1.807, 2.05) is 30.7 Å². The fraction of sp³-hybridized carbons (Fsp3) is 0.227. The Labute approximate surface area is 183 Å². The molecule has 0 aliphatic rings. The number of halogens is 1. The van der Waals surface area contributed by atoms with E-state index in [9.17, 15) is 4.39 Å². The van der Waals surface area contributed by atoms with Gasteiger partial charge in [-0.1, -0.05) is 36.0 Å². The zero-order valence-corrected chi connectivity index (χ0v) is 18.5. The molecule has 4 aromatic rings. The molecule has 0 aliphatic heterocycles. The first kappa shape index (κ1) is 20.6. The fourth-order valence-electron chi connectivity index (χ4n) is 3.02. The van der Waals surface area contributed by atoms with Gasteiger partial charge in [-0.15, -0.1) is 21.5 Å². The van der Waals surface area contributed by atoms with Crippen molar-refractivity contribution in [2.75, 3.05) is 0 Å². The summed E-state index contributed by atoms with van der Waals surface area (Å²) in [6, 6.07) is 14.2. The van der Waals surface area contributed by atoms with E-state index in [4.69, 9.17) is 9.72 Å². The van der Waals surface area contributed by atoms with Crippen LogP contribution in [0.5, 0.6) is 5.75 Å². The molecule has 0 saturated heterocycles. The van der Waals surface area contributed by atoms with Crippen molar-refractivity contribution < 1.29 is 9.13 Å². The lowest BCUT2D eigenvalue weighted by molar-refractivity contribution is 0.211. The molecule has 30 heavy (non-hydrogen) atoms. The third kappa shape index (κ3) is 4.55. The minimum atomic E-state index is -0.311. The second-order valence-electron chi connectivity index (χ2n) is 6.86. The van der Waals surface area contributed by atoms with Gasteiger partial charge < -0.3 is 9.30 Å². The summed E-state index contributed by atoms with van der Waals surface area (Å²) in [5, 5.41) is 12.5. The number of ether oxygens (including phenoxy) is 1. The Hall–Kier alpha value is -2.71. The molecule has 154 valence electrons. The first-order chi connectivity index (χ1) is 14.5. The summed E-state index contributed by atoms with van der Waals surface area (Å²) in [7, 11) is 1.92. The van der Waals surface area contributed by atoms with E-state index < -0.39 is 0 Å². The minimum Gasteiger partial charge on any atom is -0.483 e. The topological polar surface area (TPSA) is 52.8 Å². The third-order valence-electron chi connectivity index (χ3n) is 4.64. The highest BCUT2D eigenvalue weighted by Crippen LogP contribution is 2.30. The highest BCUT2D eigenvalue weighted by molar-refractivity contribution is 7.98. The van der Waals surface area contributed by atoms with Gasteiger partial charge in [-0.3, -0.25) is 0 Å². The molecular formula is C22H21FN4OS2. The van der Waals surface area contributed by atoms with Gasteiger partial charge in [0.25, 0.3) is 0 Å². The number of hydrogen-bond acceptors (Lipinski definition) is 6. The Kier molecular flexibility index (Phi) is 6.15.